The minimum absolute atomic E-state index is 0.248. The van der Waals surface area contributed by atoms with Gasteiger partial charge < -0.3 is 15.5 Å². The van der Waals surface area contributed by atoms with E-state index >= 15 is 0 Å². The number of rotatable bonds is 5. The van der Waals surface area contributed by atoms with Gasteiger partial charge in [-0.3, -0.25) is 0 Å². The van der Waals surface area contributed by atoms with E-state index in [1.165, 1.54) is 11.8 Å². The minimum atomic E-state index is -0.248. The van der Waals surface area contributed by atoms with Crippen molar-refractivity contribution in [1.29, 1.82) is 0 Å². The molecule has 2 aromatic rings. The maximum atomic E-state index is 13.6. The Bertz CT molecular complexity index is 727. The number of hydrogen-bond donors (Lipinski definition) is 2. The molecule has 5 heteroatoms. The van der Waals surface area contributed by atoms with Crippen LogP contribution < -0.4 is 15.5 Å². The zero-order valence-corrected chi connectivity index (χ0v) is 15.4. The van der Waals surface area contributed by atoms with Crippen molar-refractivity contribution in [2.75, 3.05) is 28.6 Å². The van der Waals surface area contributed by atoms with Crippen LogP contribution in [0, 0.1) is 19.7 Å². The molecule has 0 radical (unpaired) electrons. The Balaban J connectivity index is 2.07. The highest BCUT2D eigenvalue weighted by molar-refractivity contribution is 7.80. The molecule has 0 amide bonds. The van der Waals surface area contributed by atoms with Crippen molar-refractivity contribution in [1.82, 2.24) is 0 Å². The second-order valence-corrected chi connectivity index (χ2v) is 6.12. The first-order valence-corrected chi connectivity index (χ1v) is 8.55. The number of nitrogens with zero attached hydrogens (tertiary/aromatic N) is 1. The highest BCUT2D eigenvalue weighted by atomic mass is 32.1. The molecule has 0 atom stereocenters. The lowest BCUT2D eigenvalue weighted by molar-refractivity contribution is 0.619. The molecule has 0 spiro atoms. The molecule has 0 aliphatic heterocycles. The number of nitrogens with one attached hydrogen (secondary N) is 2. The van der Waals surface area contributed by atoms with E-state index in [2.05, 4.69) is 41.5 Å². The highest BCUT2D eigenvalue weighted by Gasteiger charge is 2.07. The summed E-state index contributed by atoms with van der Waals surface area (Å²) in [5, 5.41) is 6.63. The fourth-order valence-corrected chi connectivity index (χ4v) is 2.76. The summed E-state index contributed by atoms with van der Waals surface area (Å²) in [6.07, 6.45) is 0. The molecule has 0 heterocycles. The van der Waals surface area contributed by atoms with E-state index in [1.807, 2.05) is 19.1 Å². The van der Waals surface area contributed by atoms with Gasteiger partial charge in [-0.05, 0) is 81.4 Å². The fraction of sp³-hybridized carbons (Fsp3) is 0.316. The first kappa shape index (κ1) is 18.2. The van der Waals surface area contributed by atoms with Gasteiger partial charge in [0.2, 0.25) is 0 Å². The van der Waals surface area contributed by atoms with E-state index in [9.17, 15) is 4.39 Å². The van der Waals surface area contributed by atoms with Gasteiger partial charge in [0.1, 0.15) is 5.82 Å². The van der Waals surface area contributed by atoms with Crippen molar-refractivity contribution in [2.24, 2.45) is 0 Å². The summed E-state index contributed by atoms with van der Waals surface area (Å²) >= 11 is 5.33. The Hall–Kier alpha value is -2.14. The fourth-order valence-electron chi connectivity index (χ4n) is 2.53. The van der Waals surface area contributed by atoms with Gasteiger partial charge in [-0.1, -0.05) is 6.07 Å². The summed E-state index contributed by atoms with van der Waals surface area (Å²) in [5.41, 5.74) is 4.49. The molecule has 0 aliphatic carbocycles. The van der Waals surface area contributed by atoms with Crippen LogP contribution in [-0.2, 0) is 0 Å². The minimum Gasteiger partial charge on any atom is -0.372 e. The predicted molar refractivity (Wildman–Crippen MR) is 106 cm³/mol. The quantitative estimate of drug-likeness (QED) is 0.738. The van der Waals surface area contributed by atoms with E-state index in [1.54, 1.807) is 13.0 Å². The zero-order valence-electron chi connectivity index (χ0n) is 14.6. The van der Waals surface area contributed by atoms with Crippen LogP contribution in [-0.4, -0.2) is 18.2 Å². The number of thiocarbonyl (C=S) groups is 1. The van der Waals surface area contributed by atoms with E-state index in [-0.39, 0.29) is 5.82 Å². The topological polar surface area (TPSA) is 27.3 Å². The van der Waals surface area contributed by atoms with Crippen LogP contribution in [0.2, 0.25) is 0 Å². The molecule has 24 heavy (non-hydrogen) atoms. The lowest BCUT2D eigenvalue weighted by Gasteiger charge is -2.22. The first-order chi connectivity index (χ1) is 11.4. The molecular formula is C19H24FN3S. The molecule has 128 valence electrons. The van der Waals surface area contributed by atoms with E-state index < -0.39 is 0 Å². The van der Waals surface area contributed by atoms with E-state index in [0.717, 1.165) is 24.3 Å². The van der Waals surface area contributed by atoms with E-state index in [4.69, 9.17) is 12.2 Å². The van der Waals surface area contributed by atoms with Gasteiger partial charge in [-0.25, -0.2) is 4.39 Å². The van der Waals surface area contributed by atoms with Crippen LogP contribution in [0.1, 0.15) is 25.0 Å². The van der Waals surface area contributed by atoms with Crippen molar-refractivity contribution in [3.8, 4) is 0 Å². The lowest BCUT2D eigenvalue weighted by Crippen LogP contribution is -2.22. The Labute approximate surface area is 148 Å². The SMILES string of the molecule is CCN(CC)c1ccc(NC(=S)Nc2ccc(C)c(F)c2)c(C)c1. The molecule has 2 N–H and O–H groups in total. The smallest absolute Gasteiger partial charge is 0.175 e. The van der Waals surface area contributed by atoms with Crippen molar-refractivity contribution in [2.45, 2.75) is 27.7 Å². The number of aryl methyl sites for hydroxylation is 2. The maximum Gasteiger partial charge on any atom is 0.175 e. The normalized spacial score (nSPS) is 10.4. The Morgan fingerprint density at radius 2 is 1.71 bits per heavy atom. The lowest BCUT2D eigenvalue weighted by atomic mass is 10.1. The standard InChI is InChI=1S/C19H24FN3S/c1-5-23(6-2)16-9-10-18(14(4)11-16)22-19(24)21-15-8-7-13(3)17(20)12-15/h7-12H,5-6H2,1-4H3,(H2,21,22,24). The van der Waals surface area contributed by atoms with Gasteiger partial charge >= 0.3 is 0 Å². The molecule has 0 bridgehead atoms. The van der Waals surface area contributed by atoms with Crippen LogP contribution >= 0.6 is 12.2 Å². The Morgan fingerprint density at radius 1 is 1.00 bits per heavy atom. The molecule has 3 nitrogen and oxygen atoms in total. The Morgan fingerprint density at radius 3 is 2.29 bits per heavy atom. The van der Waals surface area contributed by atoms with E-state index in [0.29, 0.717) is 16.4 Å². The molecule has 2 rings (SSSR count). The van der Waals surface area contributed by atoms with Gasteiger partial charge in [-0.15, -0.1) is 0 Å². The molecule has 0 saturated heterocycles. The first-order valence-electron chi connectivity index (χ1n) is 8.14. The molecule has 0 aromatic heterocycles. The van der Waals surface area contributed by atoms with Crippen LogP contribution in [0.25, 0.3) is 0 Å². The zero-order chi connectivity index (χ0) is 17.7. The van der Waals surface area contributed by atoms with Crippen molar-refractivity contribution in [3.63, 3.8) is 0 Å². The molecule has 0 fully saturated rings. The largest absolute Gasteiger partial charge is 0.372 e. The number of hydrogen-bond acceptors (Lipinski definition) is 2. The highest BCUT2D eigenvalue weighted by Crippen LogP contribution is 2.23. The second-order valence-electron chi connectivity index (χ2n) is 5.71. The van der Waals surface area contributed by atoms with Crippen LogP contribution in [0.5, 0.6) is 0 Å². The third-order valence-electron chi connectivity index (χ3n) is 4.02. The van der Waals surface area contributed by atoms with Gasteiger partial charge in [-0.2, -0.15) is 0 Å². The van der Waals surface area contributed by atoms with Gasteiger partial charge in [0, 0.05) is 30.2 Å². The van der Waals surface area contributed by atoms with Crippen LogP contribution in [0.4, 0.5) is 21.5 Å². The summed E-state index contributed by atoms with van der Waals surface area (Å²) < 4.78 is 13.6. The monoisotopic (exact) mass is 345 g/mol. The van der Waals surface area contributed by atoms with Gasteiger partial charge in [0.25, 0.3) is 0 Å². The van der Waals surface area contributed by atoms with Gasteiger partial charge in [0.15, 0.2) is 5.11 Å². The number of benzene rings is 2. The third kappa shape index (κ3) is 4.45. The van der Waals surface area contributed by atoms with Crippen LogP contribution in [0.3, 0.4) is 0 Å². The average Bonchev–Trinajstić information content (AvgIpc) is 2.54. The second kappa shape index (κ2) is 8.11. The average molecular weight is 345 g/mol. The molecular weight excluding hydrogens is 321 g/mol. The summed E-state index contributed by atoms with van der Waals surface area (Å²) in [7, 11) is 0. The predicted octanol–water partition coefficient (Wildman–Crippen LogP) is 5.10. The molecule has 0 unspecified atom stereocenters. The number of halogens is 1. The van der Waals surface area contributed by atoms with Crippen molar-refractivity contribution >= 4 is 34.4 Å². The third-order valence-corrected chi connectivity index (χ3v) is 4.22. The molecule has 0 saturated carbocycles. The summed E-state index contributed by atoms with van der Waals surface area (Å²) in [5.74, 6) is -0.248. The number of anilines is 3. The summed E-state index contributed by atoms with van der Waals surface area (Å²) in [6, 6.07) is 11.2. The molecule has 2 aromatic carbocycles. The maximum absolute atomic E-state index is 13.6. The van der Waals surface area contributed by atoms with Crippen molar-refractivity contribution in [3.05, 3.63) is 53.3 Å². The van der Waals surface area contributed by atoms with Crippen molar-refractivity contribution < 1.29 is 4.39 Å². The van der Waals surface area contributed by atoms with Gasteiger partial charge in [0.05, 0.1) is 0 Å². The van der Waals surface area contributed by atoms with Crippen LogP contribution in [0.15, 0.2) is 36.4 Å². The Kier molecular flexibility index (Phi) is 6.15. The molecule has 0 aliphatic rings. The summed E-state index contributed by atoms with van der Waals surface area (Å²) in [4.78, 5) is 2.29. The summed E-state index contributed by atoms with van der Waals surface area (Å²) in [6.45, 7) is 10.0.